The van der Waals surface area contributed by atoms with Crippen molar-refractivity contribution in [3.05, 3.63) is 71.8 Å². The smallest absolute Gasteiger partial charge is 0.408 e. The number of ether oxygens (including phenoxy) is 9. The molecule has 0 aromatic heterocycles. The third kappa shape index (κ3) is 16.8. The highest BCUT2D eigenvalue weighted by Gasteiger charge is 2.79. The number of Topliss-reactive ketones (excluding diaryl/α,β-unsaturated/α-hetero) is 2. The Morgan fingerprint density at radius 3 is 2.08 bits per heavy atom. The topological polar surface area (TPSA) is 333 Å². The van der Waals surface area contributed by atoms with E-state index in [-0.39, 0.29) is 61.2 Å². The fourth-order valence-corrected chi connectivity index (χ4v) is 13.3. The van der Waals surface area contributed by atoms with Gasteiger partial charge in [-0.1, -0.05) is 69.3 Å². The van der Waals surface area contributed by atoms with E-state index >= 15 is 9.59 Å². The van der Waals surface area contributed by atoms with E-state index in [1.165, 1.54) is 26.0 Å². The maximum atomic E-state index is 15.4. The van der Waals surface area contributed by atoms with Crippen LogP contribution in [0.2, 0.25) is 0 Å². The number of ketones is 2. The first-order chi connectivity index (χ1) is 41.0. The van der Waals surface area contributed by atoms with E-state index in [0.717, 1.165) is 18.7 Å². The summed E-state index contributed by atoms with van der Waals surface area (Å²) in [5.74, 6) is -10.7. The van der Waals surface area contributed by atoms with E-state index in [2.05, 4.69) is 16.0 Å². The van der Waals surface area contributed by atoms with Crippen molar-refractivity contribution in [2.45, 2.75) is 166 Å². The summed E-state index contributed by atoms with van der Waals surface area (Å²) in [6.07, 6.45) is -10.6. The van der Waals surface area contributed by atoms with Crippen molar-refractivity contribution < 1.29 is 101 Å². The lowest BCUT2D eigenvalue weighted by molar-refractivity contribution is -0.355. The minimum Gasteiger partial charge on any atom is -0.459 e. The van der Waals surface area contributed by atoms with E-state index in [1.807, 2.05) is 0 Å². The predicted molar refractivity (Wildman–Crippen MR) is 312 cm³/mol. The third-order valence-corrected chi connectivity index (χ3v) is 18.1. The molecule has 2 aromatic carbocycles. The minimum atomic E-state index is -2.43. The van der Waals surface area contributed by atoms with Crippen LogP contribution in [0.5, 0.6) is 0 Å². The quantitative estimate of drug-likeness (QED) is 0.0382. The lowest BCUT2D eigenvalue weighted by Crippen LogP contribution is -2.83. The molecule has 14 atom stereocenters. The zero-order valence-corrected chi connectivity index (χ0v) is 52.1. The molecular weight excluding hydrogens is 1150 g/mol. The summed E-state index contributed by atoms with van der Waals surface area (Å²) in [7, 11) is 1.57. The van der Waals surface area contributed by atoms with E-state index < -0.39 is 148 Å². The Morgan fingerprint density at radius 1 is 0.828 bits per heavy atom. The zero-order chi connectivity index (χ0) is 64.1. The number of amides is 3. The van der Waals surface area contributed by atoms with E-state index in [1.54, 1.807) is 97.2 Å². The first-order valence-electron chi connectivity index (χ1n) is 29.5. The van der Waals surface area contributed by atoms with Crippen LogP contribution in [0.4, 0.5) is 4.79 Å². The number of alkyl carbamates (subject to hydrolysis) is 1. The van der Waals surface area contributed by atoms with Crippen molar-refractivity contribution in [3.8, 4) is 0 Å². The molecule has 3 amide bonds. The molecule has 482 valence electrons. The molecule has 6 N–H and O–H groups in total. The van der Waals surface area contributed by atoms with Gasteiger partial charge < -0.3 is 73.9 Å². The number of methoxy groups -OCH3 is 1. The molecule has 2 bridgehead atoms. The Kier molecular flexibility index (Phi) is 24.5. The number of fused-ring (bicyclic) bond motifs is 5. The van der Waals surface area contributed by atoms with Gasteiger partial charge in [-0.2, -0.15) is 0 Å². The molecule has 1 heterocycles. The lowest BCUT2D eigenvalue weighted by atomic mass is 9.42. The molecule has 4 fully saturated rings. The molecule has 2 aromatic rings. The lowest BCUT2D eigenvalue weighted by Gasteiger charge is -2.68. The average Bonchev–Trinajstić information content (AvgIpc) is 0.693. The molecule has 25 heteroatoms. The van der Waals surface area contributed by atoms with Crippen LogP contribution < -0.4 is 16.0 Å². The van der Waals surface area contributed by atoms with Crippen LogP contribution >= 0.6 is 11.8 Å². The van der Waals surface area contributed by atoms with Gasteiger partial charge in [-0.3, -0.25) is 28.8 Å². The Balaban J connectivity index is 1.22. The van der Waals surface area contributed by atoms with Crippen molar-refractivity contribution in [3.63, 3.8) is 0 Å². The number of esters is 4. The van der Waals surface area contributed by atoms with Crippen LogP contribution in [0.3, 0.4) is 0 Å². The summed E-state index contributed by atoms with van der Waals surface area (Å²) in [5, 5.41) is 46.7. The average molecular weight is 1240 g/mol. The van der Waals surface area contributed by atoms with Crippen molar-refractivity contribution in [2.75, 3.05) is 64.8 Å². The summed E-state index contributed by atoms with van der Waals surface area (Å²) in [4.78, 5) is 124. The van der Waals surface area contributed by atoms with Crippen LogP contribution in [0, 0.1) is 28.6 Å². The number of thioether (sulfide) groups is 1. The number of hydrogen-bond donors (Lipinski definition) is 6. The molecular formula is C62H87N3O21S. The number of rotatable bonds is 29. The highest BCUT2D eigenvalue weighted by molar-refractivity contribution is 8.00. The second-order valence-electron chi connectivity index (χ2n) is 24.6. The number of hydrogen-bond acceptors (Lipinski definition) is 22. The molecule has 1 saturated heterocycles. The second-order valence-corrected chi connectivity index (χ2v) is 25.5. The summed E-state index contributed by atoms with van der Waals surface area (Å²) in [6, 6.07) is 13.5. The monoisotopic (exact) mass is 1240 g/mol. The first-order valence-corrected chi connectivity index (χ1v) is 30.6. The van der Waals surface area contributed by atoms with Gasteiger partial charge in [-0.05, 0) is 77.5 Å². The number of aliphatic hydroxyl groups is 3. The van der Waals surface area contributed by atoms with Gasteiger partial charge in [-0.25, -0.2) is 14.4 Å². The van der Waals surface area contributed by atoms with Crippen molar-refractivity contribution in [2.24, 2.45) is 28.6 Å². The van der Waals surface area contributed by atoms with Crippen molar-refractivity contribution in [1.82, 2.24) is 16.0 Å². The minimum absolute atomic E-state index is 0.0381. The Hall–Kier alpha value is -6.06. The second kappa shape index (κ2) is 30.4. The number of carbonyl (C=O) groups is 9. The number of benzene rings is 2. The maximum Gasteiger partial charge on any atom is 0.408 e. The Labute approximate surface area is 511 Å². The molecule has 0 spiro atoms. The van der Waals surface area contributed by atoms with Crippen LogP contribution in [0.1, 0.15) is 123 Å². The molecule has 2 unspecified atom stereocenters. The van der Waals surface area contributed by atoms with Crippen LogP contribution in [0.25, 0.3) is 0 Å². The summed E-state index contributed by atoms with van der Waals surface area (Å²) in [5.41, 5.74) is -8.70. The molecule has 87 heavy (non-hydrogen) atoms. The third-order valence-electron chi connectivity index (χ3n) is 17.2. The molecule has 6 rings (SSSR count). The van der Waals surface area contributed by atoms with E-state index in [0.29, 0.717) is 45.7 Å². The van der Waals surface area contributed by atoms with Crippen LogP contribution in [-0.2, 0) is 76.2 Å². The van der Waals surface area contributed by atoms with Crippen molar-refractivity contribution in [1.29, 1.82) is 0 Å². The Morgan fingerprint density at radius 2 is 1.47 bits per heavy atom. The van der Waals surface area contributed by atoms with E-state index in [4.69, 9.17) is 42.6 Å². The van der Waals surface area contributed by atoms with Gasteiger partial charge in [0.05, 0.1) is 80.2 Å². The Bertz CT molecular complexity index is 2730. The van der Waals surface area contributed by atoms with Gasteiger partial charge in [0.2, 0.25) is 17.9 Å². The standard InChI is InChI=1S/C62H87N3O21S/c1-36-42(32-62(77)54(84-55(74)40-21-15-12-16-22-40)52-60(9,53(73)50(72)48(36)59(62,7)8)43(68)31-44-61(52,35-81-44)85-38(3)67)82-56(75)51(49(39-19-13-11-14-20-39)65-57(76)86-58(4,5)6)83-47(71)34-87-33-46(70)63-25-18-17-23-41(37(2)66)64-45(69)24-26-79-29-30-80-28-27-78-10/h11-16,19-22,36,41-44,48-52,54,68,72,77H,17-18,23-35H2,1-10H3,(H,63,70)(H,64,69)(H,65,76)/t36-,41?,42+,43+,44-,48?,49+,50-,51-,52+,54+,60-,61+,62-/m1/s1. The number of nitrogens with one attached hydrogen (secondary N) is 3. The van der Waals surface area contributed by atoms with Gasteiger partial charge in [0.15, 0.2) is 17.2 Å². The SMILES string of the molecule is COCCOCCOCCC(=O)NC(CCCCNC(=O)CSCC(=O)O[C@@H](C(=O)O[C@H]1C[C@@]2(O)[C@@H](OC(=O)c3ccccc3)[C@@H]3[C@]4(OC(C)=O)CO[C@@H]4C[C@H](O)[C@@]3(C)C(=O)[C@H](O)C([C@@H]1C)C2(C)C)[C@@H](NC(=O)OC(C)(C)C)c1ccccc1)C(C)=O. The normalized spacial score (nSPS) is 28.2. The van der Waals surface area contributed by atoms with Gasteiger partial charge >= 0.3 is 30.0 Å². The van der Waals surface area contributed by atoms with Crippen LogP contribution in [0.15, 0.2) is 60.7 Å². The van der Waals surface area contributed by atoms with Gasteiger partial charge in [0, 0.05) is 51.2 Å². The highest BCUT2D eigenvalue weighted by atomic mass is 32.2. The van der Waals surface area contributed by atoms with Gasteiger partial charge in [-0.15, -0.1) is 11.8 Å². The fourth-order valence-electron chi connectivity index (χ4n) is 12.7. The maximum absolute atomic E-state index is 15.4. The van der Waals surface area contributed by atoms with Gasteiger partial charge in [0.1, 0.15) is 41.7 Å². The zero-order valence-electron chi connectivity index (χ0n) is 51.3. The predicted octanol–water partition coefficient (Wildman–Crippen LogP) is 3.91. The summed E-state index contributed by atoms with van der Waals surface area (Å²) < 4.78 is 52.0. The number of unbranched alkanes of at least 4 members (excludes halogenated alkanes) is 1. The van der Waals surface area contributed by atoms with E-state index in [9.17, 15) is 48.9 Å². The molecule has 3 saturated carbocycles. The molecule has 1 aliphatic heterocycles. The van der Waals surface area contributed by atoms with Gasteiger partial charge in [0.25, 0.3) is 0 Å². The summed E-state index contributed by atoms with van der Waals surface area (Å²) >= 11 is 0.860. The largest absolute Gasteiger partial charge is 0.459 e. The number of aliphatic hydroxyl groups excluding tert-OH is 2. The molecule has 4 aliphatic rings. The first kappa shape index (κ1) is 70.0. The summed E-state index contributed by atoms with van der Waals surface area (Å²) in [6.45, 7) is 15.0. The molecule has 0 radical (unpaired) electrons. The molecule has 3 aliphatic carbocycles. The molecule has 24 nitrogen and oxygen atoms in total. The number of carbonyl (C=O) groups excluding carboxylic acids is 9. The highest BCUT2D eigenvalue weighted by Crippen LogP contribution is 2.65. The fraction of sp³-hybridized carbons (Fsp3) is 0.661. The van der Waals surface area contributed by atoms with Crippen LogP contribution in [-0.4, -0.2) is 193 Å². The van der Waals surface area contributed by atoms with Crippen molar-refractivity contribution >= 4 is 65.1 Å².